The molecule has 2 saturated heterocycles. The molecule has 0 aromatic heterocycles. The molecule has 0 saturated carbocycles. The first-order valence-corrected chi connectivity index (χ1v) is 11.5. The first-order valence-electron chi connectivity index (χ1n) is 11.5. The Morgan fingerprint density at radius 2 is 1.44 bits per heavy atom. The number of amides is 2. The highest BCUT2D eigenvalue weighted by molar-refractivity contribution is 5.84. The van der Waals surface area contributed by atoms with Gasteiger partial charge in [-0.05, 0) is 30.5 Å². The van der Waals surface area contributed by atoms with Crippen LogP contribution < -0.4 is 9.47 Å². The number of likely N-dealkylation sites (tertiary alicyclic amines) is 1. The third-order valence-corrected chi connectivity index (χ3v) is 6.54. The van der Waals surface area contributed by atoms with Crippen LogP contribution in [-0.4, -0.2) is 78.5 Å². The molecule has 2 aromatic rings. The molecule has 2 fully saturated rings. The van der Waals surface area contributed by atoms with Crippen molar-refractivity contribution in [1.82, 2.24) is 14.7 Å². The van der Waals surface area contributed by atoms with Crippen molar-refractivity contribution in [3.8, 4) is 11.5 Å². The summed E-state index contributed by atoms with van der Waals surface area (Å²) in [4.78, 5) is 32.5. The SMILES string of the molecule is O=C([C@H]1COc2ccccc2O1)N1CCN([C@@H](C(=O)N2CCCC2)c2ccccc2)CC1. The quantitative estimate of drug-likeness (QED) is 0.738. The zero-order valence-electron chi connectivity index (χ0n) is 18.2. The summed E-state index contributed by atoms with van der Waals surface area (Å²) in [6, 6.07) is 17.1. The zero-order chi connectivity index (χ0) is 21.9. The molecule has 3 heterocycles. The van der Waals surface area contributed by atoms with Crippen molar-refractivity contribution in [3.05, 3.63) is 60.2 Å². The predicted octanol–water partition coefficient (Wildman–Crippen LogP) is 2.33. The van der Waals surface area contributed by atoms with E-state index in [9.17, 15) is 9.59 Å². The van der Waals surface area contributed by atoms with E-state index in [-0.39, 0.29) is 24.5 Å². The normalized spacial score (nSPS) is 21.9. The van der Waals surface area contributed by atoms with Gasteiger partial charge in [0.15, 0.2) is 11.5 Å². The second kappa shape index (κ2) is 9.20. The number of piperazine rings is 1. The van der Waals surface area contributed by atoms with Gasteiger partial charge in [-0.1, -0.05) is 42.5 Å². The van der Waals surface area contributed by atoms with Gasteiger partial charge in [0, 0.05) is 39.3 Å². The lowest BCUT2D eigenvalue weighted by atomic mass is 10.0. The summed E-state index contributed by atoms with van der Waals surface area (Å²) in [5.41, 5.74) is 1.02. The fourth-order valence-corrected chi connectivity index (χ4v) is 4.80. The van der Waals surface area contributed by atoms with Gasteiger partial charge in [-0.2, -0.15) is 0 Å². The van der Waals surface area contributed by atoms with Crippen LogP contribution in [0.4, 0.5) is 0 Å². The van der Waals surface area contributed by atoms with Crippen LogP contribution in [-0.2, 0) is 9.59 Å². The van der Waals surface area contributed by atoms with Crippen LogP contribution in [0.3, 0.4) is 0 Å². The molecule has 3 aliphatic rings. The number of nitrogens with zero attached hydrogens (tertiary/aromatic N) is 3. The molecule has 0 aliphatic carbocycles. The Balaban J connectivity index is 1.25. The molecule has 7 heteroatoms. The van der Waals surface area contributed by atoms with Crippen LogP contribution >= 0.6 is 0 Å². The Bertz CT molecular complexity index is 953. The average molecular weight is 436 g/mol. The van der Waals surface area contributed by atoms with E-state index in [4.69, 9.17) is 9.47 Å². The van der Waals surface area contributed by atoms with E-state index < -0.39 is 6.10 Å². The Morgan fingerprint density at radius 3 is 2.16 bits per heavy atom. The first-order chi connectivity index (χ1) is 15.7. The monoisotopic (exact) mass is 435 g/mol. The number of rotatable bonds is 4. The summed E-state index contributed by atoms with van der Waals surface area (Å²) in [5.74, 6) is 1.40. The second-order valence-corrected chi connectivity index (χ2v) is 8.57. The fourth-order valence-electron chi connectivity index (χ4n) is 4.80. The third kappa shape index (κ3) is 4.17. The molecule has 0 radical (unpaired) electrons. The van der Waals surface area contributed by atoms with Gasteiger partial charge in [0.1, 0.15) is 12.6 Å². The van der Waals surface area contributed by atoms with Gasteiger partial charge in [0.05, 0.1) is 0 Å². The first kappa shape index (κ1) is 20.8. The molecule has 2 aromatic carbocycles. The average Bonchev–Trinajstić information content (AvgIpc) is 3.40. The smallest absolute Gasteiger partial charge is 0.267 e. The number of para-hydroxylation sites is 2. The van der Waals surface area contributed by atoms with E-state index in [2.05, 4.69) is 4.90 Å². The van der Waals surface area contributed by atoms with Crippen molar-refractivity contribution in [3.63, 3.8) is 0 Å². The molecule has 3 aliphatic heterocycles. The maximum atomic E-state index is 13.4. The van der Waals surface area contributed by atoms with Gasteiger partial charge in [-0.25, -0.2) is 0 Å². The molecule has 0 N–H and O–H groups in total. The summed E-state index contributed by atoms with van der Waals surface area (Å²) in [6.45, 7) is 4.32. The second-order valence-electron chi connectivity index (χ2n) is 8.57. The zero-order valence-corrected chi connectivity index (χ0v) is 18.2. The van der Waals surface area contributed by atoms with Crippen molar-refractivity contribution in [2.24, 2.45) is 0 Å². The van der Waals surface area contributed by atoms with Gasteiger partial charge >= 0.3 is 0 Å². The van der Waals surface area contributed by atoms with Crippen LogP contribution in [0.15, 0.2) is 54.6 Å². The largest absolute Gasteiger partial charge is 0.485 e. The van der Waals surface area contributed by atoms with Crippen LogP contribution in [0.1, 0.15) is 24.4 Å². The van der Waals surface area contributed by atoms with E-state index >= 15 is 0 Å². The highest BCUT2D eigenvalue weighted by Gasteiger charge is 2.37. The summed E-state index contributed by atoms with van der Waals surface area (Å²) >= 11 is 0. The summed E-state index contributed by atoms with van der Waals surface area (Å²) in [5, 5.41) is 0. The summed E-state index contributed by atoms with van der Waals surface area (Å²) in [7, 11) is 0. The summed E-state index contributed by atoms with van der Waals surface area (Å²) in [6.07, 6.45) is 1.51. The Morgan fingerprint density at radius 1 is 0.781 bits per heavy atom. The Hall–Kier alpha value is -3.06. The third-order valence-electron chi connectivity index (χ3n) is 6.54. The van der Waals surface area contributed by atoms with Gasteiger partial charge in [-0.3, -0.25) is 14.5 Å². The molecule has 2 atom stereocenters. The molecule has 32 heavy (non-hydrogen) atoms. The van der Waals surface area contributed by atoms with Crippen LogP contribution in [0.25, 0.3) is 0 Å². The minimum atomic E-state index is -0.632. The molecule has 0 unspecified atom stereocenters. The molecule has 0 bridgehead atoms. The Kier molecular flexibility index (Phi) is 5.99. The van der Waals surface area contributed by atoms with E-state index in [0.717, 1.165) is 31.5 Å². The van der Waals surface area contributed by atoms with Crippen molar-refractivity contribution in [2.75, 3.05) is 45.9 Å². The van der Waals surface area contributed by atoms with E-state index in [1.807, 2.05) is 64.4 Å². The summed E-state index contributed by atoms with van der Waals surface area (Å²) < 4.78 is 11.6. The molecular weight excluding hydrogens is 406 g/mol. The number of hydrogen-bond acceptors (Lipinski definition) is 5. The van der Waals surface area contributed by atoms with Crippen molar-refractivity contribution in [1.29, 1.82) is 0 Å². The van der Waals surface area contributed by atoms with Gasteiger partial charge < -0.3 is 19.3 Å². The van der Waals surface area contributed by atoms with Gasteiger partial charge in [0.25, 0.3) is 5.91 Å². The van der Waals surface area contributed by atoms with Crippen molar-refractivity contribution < 1.29 is 19.1 Å². The number of carbonyl (C=O) groups excluding carboxylic acids is 2. The van der Waals surface area contributed by atoms with Gasteiger partial charge in [0.2, 0.25) is 12.0 Å². The minimum Gasteiger partial charge on any atom is -0.485 e. The number of fused-ring (bicyclic) bond motifs is 1. The highest BCUT2D eigenvalue weighted by atomic mass is 16.6. The lowest BCUT2D eigenvalue weighted by Crippen LogP contribution is -2.56. The van der Waals surface area contributed by atoms with Crippen LogP contribution in [0, 0.1) is 0 Å². The maximum absolute atomic E-state index is 13.4. The van der Waals surface area contributed by atoms with Crippen molar-refractivity contribution >= 4 is 11.8 Å². The standard InChI is InChI=1S/C25H29N3O4/c29-24(22-18-31-20-10-4-5-11-21(20)32-22)28-16-14-26(15-17-28)23(19-8-2-1-3-9-19)25(30)27-12-6-7-13-27/h1-5,8-11,22-23H,6-7,12-18H2/t22-,23-/m1/s1. The lowest BCUT2D eigenvalue weighted by molar-refractivity contribution is -0.144. The predicted molar refractivity (Wildman–Crippen MR) is 120 cm³/mol. The molecule has 168 valence electrons. The van der Waals surface area contributed by atoms with E-state index in [1.165, 1.54) is 0 Å². The topological polar surface area (TPSA) is 62.3 Å². The van der Waals surface area contributed by atoms with Crippen LogP contribution in [0.5, 0.6) is 11.5 Å². The molecular formula is C25H29N3O4. The number of ether oxygens (including phenoxy) is 2. The molecule has 7 nitrogen and oxygen atoms in total. The number of benzene rings is 2. The van der Waals surface area contributed by atoms with Crippen molar-refractivity contribution in [2.45, 2.75) is 25.0 Å². The minimum absolute atomic E-state index is 0.0544. The van der Waals surface area contributed by atoms with E-state index in [1.54, 1.807) is 0 Å². The maximum Gasteiger partial charge on any atom is 0.267 e. The fraction of sp³-hybridized carbons (Fsp3) is 0.440. The molecule has 5 rings (SSSR count). The van der Waals surface area contributed by atoms with Gasteiger partial charge in [-0.15, -0.1) is 0 Å². The molecule has 0 spiro atoms. The number of hydrogen-bond donors (Lipinski definition) is 0. The lowest BCUT2D eigenvalue weighted by Gasteiger charge is -2.41. The Labute approximate surface area is 188 Å². The number of carbonyl (C=O) groups is 2. The highest BCUT2D eigenvalue weighted by Crippen LogP contribution is 2.32. The molecule has 2 amide bonds. The van der Waals surface area contributed by atoms with Crippen LogP contribution in [0.2, 0.25) is 0 Å². The van der Waals surface area contributed by atoms with E-state index in [0.29, 0.717) is 37.7 Å².